The molecule has 0 aromatic heterocycles. The summed E-state index contributed by atoms with van der Waals surface area (Å²) in [6, 6.07) is 3.44. The van der Waals surface area contributed by atoms with E-state index in [4.69, 9.17) is 5.73 Å². The lowest BCUT2D eigenvalue weighted by Crippen LogP contribution is -2.22. The van der Waals surface area contributed by atoms with Crippen LogP contribution < -0.4 is 11.1 Å². The topological polar surface area (TPSA) is 118 Å². The minimum absolute atomic E-state index is 0.0260. The number of phenolic OH excluding ortho intramolecular Hbond substituents is 1. The van der Waals surface area contributed by atoms with Crippen LogP contribution in [0.15, 0.2) is 18.2 Å². The number of nitrogens with two attached hydrogens (primary N) is 1. The fourth-order valence-corrected chi connectivity index (χ4v) is 1.37. The molecular formula is C11H15N3O4. The van der Waals surface area contributed by atoms with Gasteiger partial charge < -0.3 is 16.2 Å². The Balaban J connectivity index is 2.86. The van der Waals surface area contributed by atoms with Crippen molar-refractivity contribution in [1.82, 2.24) is 0 Å². The predicted octanol–water partition coefficient (Wildman–Crippen LogP) is 1.22. The molecule has 98 valence electrons. The van der Waals surface area contributed by atoms with Gasteiger partial charge in [0.2, 0.25) is 5.91 Å². The van der Waals surface area contributed by atoms with E-state index < -0.39 is 4.92 Å². The quantitative estimate of drug-likeness (QED) is 0.414. The Morgan fingerprint density at radius 3 is 2.83 bits per heavy atom. The third-order valence-corrected chi connectivity index (χ3v) is 2.50. The Morgan fingerprint density at radius 1 is 1.61 bits per heavy atom. The first kappa shape index (κ1) is 13.9. The summed E-state index contributed by atoms with van der Waals surface area (Å²) in [7, 11) is 0. The molecule has 1 aromatic rings. The highest BCUT2D eigenvalue weighted by molar-refractivity contribution is 5.94. The van der Waals surface area contributed by atoms with Crippen LogP contribution in [0.2, 0.25) is 0 Å². The van der Waals surface area contributed by atoms with E-state index in [2.05, 4.69) is 5.32 Å². The Bertz CT molecular complexity index is 462. The van der Waals surface area contributed by atoms with Crippen LogP contribution in [0.3, 0.4) is 0 Å². The summed E-state index contributed by atoms with van der Waals surface area (Å²) >= 11 is 0. The molecule has 0 aliphatic heterocycles. The van der Waals surface area contributed by atoms with Gasteiger partial charge in [0.1, 0.15) is 5.75 Å². The standard InChI is InChI=1S/C11H15N3O4/c1-7(4-5-12)11(16)13-9-6-8(14(17)18)2-3-10(9)15/h2-3,6-7,15H,4-5,12H2,1H3,(H,13,16). The number of non-ortho nitro benzene ring substituents is 1. The average Bonchev–Trinajstić information content (AvgIpc) is 2.31. The van der Waals surface area contributed by atoms with Crippen LogP contribution in [-0.4, -0.2) is 22.5 Å². The minimum atomic E-state index is -0.599. The molecule has 0 aliphatic rings. The van der Waals surface area contributed by atoms with Crippen molar-refractivity contribution < 1.29 is 14.8 Å². The first-order valence-corrected chi connectivity index (χ1v) is 5.44. The number of nitro groups is 1. The van der Waals surface area contributed by atoms with Gasteiger partial charge in [-0.3, -0.25) is 14.9 Å². The largest absolute Gasteiger partial charge is 0.506 e. The van der Waals surface area contributed by atoms with Gasteiger partial charge in [-0.05, 0) is 19.0 Å². The van der Waals surface area contributed by atoms with Gasteiger partial charge in [0.15, 0.2) is 0 Å². The highest BCUT2D eigenvalue weighted by atomic mass is 16.6. The zero-order chi connectivity index (χ0) is 13.7. The average molecular weight is 253 g/mol. The molecule has 1 atom stereocenters. The van der Waals surface area contributed by atoms with E-state index in [-0.39, 0.29) is 28.9 Å². The first-order chi connectivity index (χ1) is 8.45. The zero-order valence-corrected chi connectivity index (χ0v) is 9.92. The van der Waals surface area contributed by atoms with E-state index in [1.165, 1.54) is 6.07 Å². The highest BCUT2D eigenvalue weighted by Gasteiger charge is 2.16. The number of anilines is 1. The van der Waals surface area contributed by atoms with Crippen LogP contribution in [0.4, 0.5) is 11.4 Å². The minimum Gasteiger partial charge on any atom is -0.506 e. The number of hydrogen-bond donors (Lipinski definition) is 3. The van der Waals surface area contributed by atoms with E-state index in [1.54, 1.807) is 6.92 Å². The van der Waals surface area contributed by atoms with Gasteiger partial charge in [0, 0.05) is 18.1 Å². The van der Waals surface area contributed by atoms with Crippen LogP contribution >= 0.6 is 0 Å². The van der Waals surface area contributed by atoms with Crippen molar-refractivity contribution in [2.45, 2.75) is 13.3 Å². The Kier molecular flexibility index (Phi) is 4.61. The van der Waals surface area contributed by atoms with Crippen LogP contribution in [0.1, 0.15) is 13.3 Å². The SMILES string of the molecule is CC(CCN)C(=O)Nc1cc([N+](=O)[O-])ccc1O. The summed E-state index contributed by atoms with van der Waals surface area (Å²) in [6.45, 7) is 2.06. The molecule has 1 unspecified atom stereocenters. The van der Waals surface area contributed by atoms with Crippen molar-refractivity contribution in [2.24, 2.45) is 11.7 Å². The number of rotatable bonds is 5. The number of phenols is 1. The summed E-state index contributed by atoms with van der Waals surface area (Å²) in [6.07, 6.45) is 0.502. The normalized spacial score (nSPS) is 11.9. The van der Waals surface area contributed by atoms with Gasteiger partial charge in [-0.2, -0.15) is 0 Å². The fourth-order valence-electron chi connectivity index (χ4n) is 1.37. The van der Waals surface area contributed by atoms with Crippen LogP contribution in [-0.2, 0) is 4.79 Å². The molecule has 0 bridgehead atoms. The number of aromatic hydroxyl groups is 1. The lowest BCUT2D eigenvalue weighted by Gasteiger charge is -2.11. The number of nitro benzene ring substituents is 1. The summed E-state index contributed by atoms with van der Waals surface area (Å²) in [5.74, 6) is -0.876. The van der Waals surface area contributed by atoms with E-state index >= 15 is 0 Å². The summed E-state index contributed by atoms with van der Waals surface area (Å²) in [5.41, 5.74) is 5.16. The Labute approximate surface area is 104 Å². The molecule has 0 radical (unpaired) electrons. The molecule has 1 amide bonds. The highest BCUT2D eigenvalue weighted by Crippen LogP contribution is 2.28. The van der Waals surface area contributed by atoms with Crippen molar-refractivity contribution in [2.75, 3.05) is 11.9 Å². The zero-order valence-electron chi connectivity index (χ0n) is 9.92. The first-order valence-electron chi connectivity index (χ1n) is 5.44. The molecule has 7 heteroatoms. The summed E-state index contributed by atoms with van der Waals surface area (Å²) in [4.78, 5) is 21.7. The molecule has 7 nitrogen and oxygen atoms in total. The van der Waals surface area contributed by atoms with Gasteiger partial charge in [-0.25, -0.2) is 0 Å². The third-order valence-electron chi connectivity index (χ3n) is 2.50. The van der Waals surface area contributed by atoms with Crippen LogP contribution in [0.5, 0.6) is 5.75 Å². The van der Waals surface area contributed by atoms with Crippen molar-refractivity contribution in [1.29, 1.82) is 0 Å². The Morgan fingerprint density at radius 2 is 2.28 bits per heavy atom. The van der Waals surface area contributed by atoms with E-state index in [0.717, 1.165) is 12.1 Å². The number of carbonyl (C=O) groups is 1. The molecule has 18 heavy (non-hydrogen) atoms. The monoisotopic (exact) mass is 253 g/mol. The second kappa shape index (κ2) is 5.97. The molecule has 0 saturated heterocycles. The van der Waals surface area contributed by atoms with Crippen LogP contribution in [0.25, 0.3) is 0 Å². The summed E-state index contributed by atoms with van der Waals surface area (Å²) < 4.78 is 0. The number of nitrogens with one attached hydrogen (secondary N) is 1. The fraction of sp³-hybridized carbons (Fsp3) is 0.364. The number of nitrogens with zero attached hydrogens (tertiary/aromatic N) is 1. The number of benzene rings is 1. The molecule has 0 aliphatic carbocycles. The molecule has 1 rings (SSSR count). The molecule has 0 spiro atoms. The van der Waals surface area contributed by atoms with Gasteiger partial charge >= 0.3 is 0 Å². The molecule has 0 heterocycles. The molecule has 4 N–H and O–H groups in total. The van der Waals surface area contributed by atoms with Gasteiger partial charge in [-0.1, -0.05) is 6.92 Å². The van der Waals surface area contributed by atoms with E-state index in [0.29, 0.717) is 13.0 Å². The van der Waals surface area contributed by atoms with Crippen molar-refractivity contribution in [3.63, 3.8) is 0 Å². The summed E-state index contributed by atoms with van der Waals surface area (Å²) in [5, 5.41) is 22.5. The maximum Gasteiger partial charge on any atom is 0.271 e. The number of hydrogen-bond acceptors (Lipinski definition) is 5. The van der Waals surface area contributed by atoms with E-state index in [1.807, 2.05) is 0 Å². The van der Waals surface area contributed by atoms with Crippen molar-refractivity contribution in [3.8, 4) is 5.75 Å². The third kappa shape index (κ3) is 3.42. The number of amides is 1. The number of carbonyl (C=O) groups excluding carboxylic acids is 1. The smallest absolute Gasteiger partial charge is 0.271 e. The van der Waals surface area contributed by atoms with Gasteiger partial charge in [0.25, 0.3) is 5.69 Å². The molecular weight excluding hydrogens is 238 g/mol. The van der Waals surface area contributed by atoms with Crippen molar-refractivity contribution >= 4 is 17.3 Å². The maximum atomic E-state index is 11.7. The maximum absolute atomic E-state index is 11.7. The van der Waals surface area contributed by atoms with Gasteiger partial charge in [-0.15, -0.1) is 0 Å². The van der Waals surface area contributed by atoms with Crippen molar-refractivity contribution in [3.05, 3.63) is 28.3 Å². The predicted molar refractivity (Wildman–Crippen MR) is 66.2 cm³/mol. The molecule has 0 saturated carbocycles. The van der Waals surface area contributed by atoms with Gasteiger partial charge in [0.05, 0.1) is 10.6 Å². The van der Waals surface area contributed by atoms with E-state index in [9.17, 15) is 20.0 Å². The second-order valence-corrected chi connectivity index (χ2v) is 3.93. The van der Waals surface area contributed by atoms with Crippen LogP contribution in [0, 0.1) is 16.0 Å². The second-order valence-electron chi connectivity index (χ2n) is 3.93. The lowest BCUT2D eigenvalue weighted by atomic mass is 10.1. The molecule has 0 fully saturated rings. The molecule has 1 aromatic carbocycles. The Hall–Kier alpha value is -2.15. The lowest BCUT2D eigenvalue weighted by molar-refractivity contribution is -0.384.